The summed E-state index contributed by atoms with van der Waals surface area (Å²) in [5, 5.41) is 11.5. The SMILES string of the molecule is CC(C)NC(=O)CN1C[C@@H](F)C[C@H]1C#N. The fraction of sp³-hybridized carbons (Fsp3) is 0.800. The number of nitrogens with one attached hydrogen (secondary N) is 1. The molecule has 1 aliphatic rings. The largest absolute Gasteiger partial charge is 0.353 e. The van der Waals surface area contributed by atoms with Crippen molar-refractivity contribution >= 4 is 5.91 Å². The number of carbonyl (C=O) groups is 1. The Hall–Kier alpha value is -1.15. The third kappa shape index (κ3) is 3.48. The molecule has 1 N–H and O–H groups in total. The number of nitrogens with zero attached hydrogens (tertiary/aromatic N) is 2. The molecule has 1 heterocycles. The van der Waals surface area contributed by atoms with Crippen LogP contribution in [-0.2, 0) is 4.79 Å². The van der Waals surface area contributed by atoms with Gasteiger partial charge in [0.2, 0.25) is 5.91 Å². The Labute approximate surface area is 89.0 Å². The molecule has 1 rings (SSSR count). The van der Waals surface area contributed by atoms with E-state index in [0.29, 0.717) is 0 Å². The minimum absolute atomic E-state index is 0.0711. The number of rotatable bonds is 3. The number of alkyl halides is 1. The van der Waals surface area contributed by atoms with Crippen LogP contribution in [-0.4, -0.2) is 42.2 Å². The molecule has 1 saturated heterocycles. The van der Waals surface area contributed by atoms with Crippen molar-refractivity contribution in [1.29, 1.82) is 5.26 Å². The molecule has 0 radical (unpaired) electrons. The molecule has 5 heteroatoms. The first-order valence-electron chi connectivity index (χ1n) is 5.10. The summed E-state index contributed by atoms with van der Waals surface area (Å²) in [4.78, 5) is 13.0. The van der Waals surface area contributed by atoms with Crippen molar-refractivity contribution in [2.75, 3.05) is 13.1 Å². The molecule has 1 amide bonds. The van der Waals surface area contributed by atoms with E-state index >= 15 is 0 Å². The molecule has 4 nitrogen and oxygen atoms in total. The molecule has 0 unspecified atom stereocenters. The molecule has 1 fully saturated rings. The fourth-order valence-electron chi connectivity index (χ4n) is 1.71. The number of carbonyl (C=O) groups excluding carboxylic acids is 1. The average Bonchev–Trinajstić information content (AvgIpc) is 2.44. The number of hydrogen-bond acceptors (Lipinski definition) is 3. The van der Waals surface area contributed by atoms with Crippen molar-refractivity contribution in [2.24, 2.45) is 0 Å². The minimum Gasteiger partial charge on any atom is -0.353 e. The molecule has 0 saturated carbocycles. The quantitative estimate of drug-likeness (QED) is 0.740. The van der Waals surface area contributed by atoms with Crippen LogP contribution in [0.25, 0.3) is 0 Å². The molecular formula is C10H16FN3O. The van der Waals surface area contributed by atoms with Gasteiger partial charge in [-0.2, -0.15) is 5.26 Å². The van der Waals surface area contributed by atoms with Crippen LogP contribution in [0.5, 0.6) is 0 Å². The highest BCUT2D eigenvalue weighted by Crippen LogP contribution is 2.18. The highest BCUT2D eigenvalue weighted by molar-refractivity contribution is 5.78. The normalized spacial score (nSPS) is 26.6. The summed E-state index contributed by atoms with van der Waals surface area (Å²) in [5.74, 6) is -0.153. The molecular weight excluding hydrogens is 197 g/mol. The number of amides is 1. The van der Waals surface area contributed by atoms with E-state index in [1.165, 1.54) is 0 Å². The highest BCUT2D eigenvalue weighted by Gasteiger charge is 2.33. The van der Waals surface area contributed by atoms with Gasteiger partial charge in [-0.1, -0.05) is 0 Å². The van der Waals surface area contributed by atoms with Crippen molar-refractivity contribution in [3.8, 4) is 6.07 Å². The Morgan fingerprint density at radius 1 is 1.73 bits per heavy atom. The average molecular weight is 213 g/mol. The summed E-state index contributed by atoms with van der Waals surface area (Å²) in [6.07, 6.45) is -0.771. The zero-order chi connectivity index (χ0) is 11.4. The maximum absolute atomic E-state index is 13.0. The van der Waals surface area contributed by atoms with E-state index in [1.54, 1.807) is 4.90 Å². The van der Waals surface area contributed by atoms with E-state index in [2.05, 4.69) is 5.32 Å². The van der Waals surface area contributed by atoms with Gasteiger partial charge in [-0.25, -0.2) is 4.39 Å². The van der Waals surface area contributed by atoms with Crippen LogP contribution in [0.3, 0.4) is 0 Å². The predicted octanol–water partition coefficient (Wildman–Crippen LogP) is 0.447. The summed E-state index contributed by atoms with van der Waals surface area (Å²) >= 11 is 0. The van der Waals surface area contributed by atoms with Crippen LogP contribution in [0.2, 0.25) is 0 Å². The smallest absolute Gasteiger partial charge is 0.234 e. The van der Waals surface area contributed by atoms with Crippen molar-refractivity contribution in [3.63, 3.8) is 0 Å². The summed E-state index contributed by atoms with van der Waals surface area (Å²) in [6, 6.07) is 1.62. The van der Waals surface area contributed by atoms with Gasteiger partial charge in [0.1, 0.15) is 12.2 Å². The first kappa shape index (κ1) is 11.9. The summed E-state index contributed by atoms with van der Waals surface area (Å²) < 4.78 is 13.0. The topological polar surface area (TPSA) is 56.1 Å². The van der Waals surface area contributed by atoms with Gasteiger partial charge in [0.15, 0.2) is 0 Å². The van der Waals surface area contributed by atoms with Gasteiger partial charge in [0.25, 0.3) is 0 Å². The van der Waals surface area contributed by atoms with Gasteiger partial charge < -0.3 is 5.32 Å². The second kappa shape index (κ2) is 5.08. The predicted molar refractivity (Wildman–Crippen MR) is 53.8 cm³/mol. The maximum atomic E-state index is 13.0. The van der Waals surface area contributed by atoms with Crippen molar-refractivity contribution in [2.45, 2.75) is 38.5 Å². The lowest BCUT2D eigenvalue weighted by Crippen LogP contribution is -2.41. The summed E-state index contributed by atoms with van der Waals surface area (Å²) in [5.41, 5.74) is 0. The van der Waals surface area contributed by atoms with Crippen molar-refractivity contribution in [3.05, 3.63) is 0 Å². The van der Waals surface area contributed by atoms with Gasteiger partial charge >= 0.3 is 0 Å². The van der Waals surface area contributed by atoms with E-state index in [4.69, 9.17) is 5.26 Å². The molecule has 0 aromatic rings. The Balaban J connectivity index is 2.44. The van der Waals surface area contributed by atoms with E-state index in [1.807, 2.05) is 19.9 Å². The third-order valence-corrected chi connectivity index (χ3v) is 2.30. The molecule has 1 aliphatic heterocycles. The lowest BCUT2D eigenvalue weighted by Gasteiger charge is -2.18. The van der Waals surface area contributed by atoms with Crippen molar-refractivity contribution in [1.82, 2.24) is 10.2 Å². The molecule has 0 aromatic heterocycles. The van der Waals surface area contributed by atoms with Crippen LogP contribution < -0.4 is 5.32 Å². The molecule has 2 atom stereocenters. The van der Waals surface area contributed by atoms with Gasteiger partial charge in [0, 0.05) is 19.0 Å². The fourth-order valence-corrected chi connectivity index (χ4v) is 1.71. The van der Waals surface area contributed by atoms with Gasteiger partial charge in [-0.15, -0.1) is 0 Å². The summed E-state index contributed by atoms with van der Waals surface area (Å²) in [6.45, 7) is 4.02. The van der Waals surface area contributed by atoms with Crippen LogP contribution in [0.1, 0.15) is 20.3 Å². The number of hydrogen-bond donors (Lipinski definition) is 1. The second-order valence-corrected chi connectivity index (χ2v) is 4.13. The zero-order valence-corrected chi connectivity index (χ0v) is 9.03. The lowest BCUT2D eigenvalue weighted by atomic mass is 10.2. The highest BCUT2D eigenvalue weighted by atomic mass is 19.1. The molecule has 0 aromatic carbocycles. The number of nitriles is 1. The second-order valence-electron chi connectivity index (χ2n) is 4.13. The Bertz CT molecular complexity index is 274. The Morgan fingerprint density at radius 2 is 2.40 bits per heavy atom. The number of halogens is 1. The Morgan fingerprint density at radius 3 is 2.93 bits per heavy atom. The first-order chi connectivity index (χ1) is 7.02. The maximum Gasteiger partial charge on any atom is 0.234 e. The van der Waals surface area contributed by atoms with Crippen LogP contribution >= 0.6 is 0 Å². The van der Waals surface area contributed by atoms with Crippen molar-refractivity contribution < 1.29 is 9.18 Å². The molecule has 15 heavy (non-hydrogen) atoms. The van der Waals surface area contributed by atoms with E-state index in [-0.39, 0.29) is 31.5 Å². The van der Waals surface area contributed by atoms with E-state index < -0.39 is 12.2 Å². The Kier molecular flexibility index (Phi) is 4.04. The third-order valence-electron chi connectivity index (χ3n) is 2.30. The monoisotopic (exact) mass is 213 g/mol. The van der Waals surface area contributed by atoms with Gasteiger partial charge in [-0.3, -0.25) is 9.69 Å². The number of likely N-dealkylation sites (tertiary alicyclic amines) is 1. The molecule has 0 aliphatic carbocycles. The lowest BCUT2D eigenvalue weighted by molar-refractivity contribution is -0.122. The zero-order valence-electron chi connectivity index (χ0n) is 9.03. The van der Waals surface area contributed by atoms with E-state index in [0.717, 1.165) is 0 Å². The van der Waals surface area contributed by atoms with Gasteiger partial charge in [-0.05, 0) is 13.8 Å². The van der Waals surface area contributed by atoms with Crippen LogP contribution in [0, 0.1) is 11.3 Å². The molecule has 0 spiro atoms. The first-order valence-corrected chi connectivity index (χ1v) is 5.10. The van der Waals surface area contributed by atoms with E-state index in [9.17, 15) is 9.18 Å². The molecule has 84 valence electrons. The van der Waals surface area contributed by atoms with Gasteiger partial charge in [0.05, 0.1) is 12.6 Å². The standard InChI is InChI=1S/C10H16FN3O/c1-7(2)13-10(15)6-14-5-8(11)3-9(14)4-12/h7-9H,3,5-6H2,1-2H3,(H,13,15)/t8-,9-/m0/s1. The van der Waals surface area contributed by atoms with Crippen LogP contribution in [0.4, 0.5) is 4.39 Å². The summed E-state index contributed by atoms with van der Waals surface area (Å²) in [7, 11) is 0. The minimum atomic E-state index is -0.985. The van der Waals surface area contributed by atoms with Crippen LogP contribution in [0.15, 0.2) is 0 Å². The molecule has 0 bridgehead atoms.